The Morgan fingerprint density at radius 3 is 2.68 bits per heavy atom. The van der Waals surface area contributed by atoms with Crippen molar-refractivity contribution in [2.45, 2.75) is 37.6 Å². The third-order valence-electron chi connectivity index (χ3n) is 3.56. The van der Waals surface area contributed by atoms with Crippen LogP contribution in [0.3, 0.4) is 0 Å². The summed E-state index contributed by atoms with van der Waals surface area (Å²) in [5.41, 5.74) is 1.49. The highest BCUT2D eigenvalue weighted by Gasteiger charge is 2.31. The van der Waals surface area contributed by atoms with Gasteiger partial charge in [0.05, 0.1) is 4.90 Å². The van der Waals surface area contributed by atoms with E-state index in [0.29, 0.717) is 12.8 Å². The van der Waals surface area contributed by atoms with Gasteiger partial charge in [-0.05, 0) is 37.1 Å². The Morgan fingerprint density at radius 2 is 2.09 bits per heavy atom. The highest BCUT2D eigenvalue weighted by molar-refractivity contribution is 7.89. The van der Waals surface area contributed by atoms with E-state index in [-0.39, 0.29) is 16.8 Å². The second kappa shape index (κ2) is 6.05. The summed E-state index contributed by atoms with van der Waals surface area (Å²) >= 11 is 0. The van der Waals surface area contributed by atoms with Gasteiger partial charge in [0.1, 0.15) is 6.54 Å². The first-order chi connectivity index (χ1) is 10.3. The van der Waals surface area contributed by atoms with Crippen molar-refractivity contribution in [1.82, 2.24) is 4.72 Å². The number of rotatable bonds is 5. The molecule has 120 valence electrons. The van der Waals surface area contributed by atoms with Gasteiger partial charge in [0.25, 0.3) is 0 Å². The van der Waals surface area contributed by atoms with E-state index in [1.54, 1.807) is 17.9 Å². The van der Waals surface area contributed by atoms with Gasteiger partial charge < -0.3 is 10.0 Å². The average molecular weight is 326 g/mol. The van der Waals surface area contributed by atoms with Crippen molar-refractivity contribution in [3.05, 3.63) is 23.8 Å². The number of nitrogens with zero attached hydrogens (tertiary/aromatic N) is 1. The third kappa shape index (κ3) is 3.12. The first-order valence-electron chi connectivity index (χ1n) is 6.92. The lowest BCUT2D eigenvalue weighted by atomic mass is 10.1. The monoisotopic (exact) mass is 326 g/mol. The lowest BCUT2D eigenvalue weighted by molar-refractivity contribution is -0.135. The molecule has 1 aromatic rings. The maximum Gasteiger partial charge on any atom is 0.318 e. The van der Waals surface area contributed by atoms with E-state index in [9.17, 15) is 18.0 Å². The van der Waals surface area contributed by atoms with Crippen molar-refractivity contribution >= 4 is 27.6 Å². The highest BCUT2D eigenvalue weighted by Crippen LogP contribution is 2.34. The number of sulfonamides is 1. The SMILES string of the molecule is CCC(=O)N1c2ccc(S(=O)(=O)NCC(=O)O)cc2C[C@H]1C. The maximum absolute atomic E-state index is 12.0. The quantitative estimate of drug-likeness (QED) is 0.830. The number of anilines is 1. The zero-order valence-electron chi connectivity index (χ0n) is 12.4. The summed E-state index contributed by atoms with van der Waals surface area (Å²) in [6, 6.07) is 4.46. The summed E-state index contributed by atoms with van der Waals surface area (Å²) in [7, 11) is -3.87. The molecule has 1 heterocycles. The minimum absolute atomic E-state index is 0.00509. The standard InChI is InChI=1S/C14H18N2O5S/c1-3-13(17)16-9(2)6-10-7-11(4-5-12(10)16)22(20,21)15-8-14(18)19/h4-5,7,9,15H,3,6,8H2,1-2H3,(H,18,19)/t9-/m1/s1. The number of aliphatic carboxylic acids is 1. The predicted molar refractivity (Wildman–Crippen MR) is 80.2 cm³/mol. The van der Waals surface area contributed by atoms with Gasteiger partial charge in [-0.3, -0.25) is 9.59 Å². The molecule has 0 aromatic heterocycles. The Labute approximate surface area is 129 Å². The number of carbonyl (C=O) groups is 2. The van der Waals surface area contributed by atoms with Crippen LogP contribution in [-0.4, -0.2) is 38.0 Å². The van der Waals surface area contributed by atoms with Crippen LogP contribution in [0.2, 0.25) is 0 Å². The Morgan fingerprint density at radius 1 is 1.41 bits per heavy atom. The molecular formula is C14H18N2O5S. The summed E-state index contributed by atoms with van der Waals surface area (Å²) in [6.45, 7) is 3.02. The van der Waals surface area contributed by atoms with Crippen LogP contribution in [0, 0.1) is 0 Å². The van der Waals surface area contributed by atoms with Crippen LogP contribution in [-0.2, 0) is 26.0 Å². The van der Waals surface area contributed by atoms with Crippen molar-refractivity contribution in [3.63, 3.8) is 0 Å². The predicted octanol–water partition coefficient (Wildman–Crippen LogP) is 0.737. The van der Waals surface area contributed by atoms with E-state index >= 15 is 0 Å². The summed E-state index contributed by atoms with van der Waals surface area (Å²) in [4.78, 5) is 24.1. The molecule has 0 saturated heterocycles. The Kier molecular flexibility index (Phi) is 4.52. The molecule has 1 aliphatic heterocycles. The summed E-state index contributed by atoms with van der Waals surface area (Å²) in [6.07, 6.45) is 0.952. The molecule has 0 spiro atoms. The molecule has 1 atom stereocenters. The number of hydrogen-bond donors (Lipinski definition) is 2. The van der Waals surface area contributed by atoms with Gasteiger partial charge in [-0.1, -0.05) is 6.92 Å². The molecule has 8 heteroatoms. The lowest BCUT2D eigenvalue weighted by Gasteiger charge is -2.22. The van der Waals surface area contributed by atoms with Crippen LogP contribution in [0.1, 0.15) is 25.8 Å². The van der Waals surface area contributed by atoms with E-state index in [4.69, 9.17) is 5.11 Å². The Bertz CT molecular complexity index is 714. The molecule has 1 amide bonds. The number of carboxylic acids is 1. The zero-order valence-corrected chi connectivity index (χ0v) is 13.2. The molecule has 0 radical (unpaired) electrons. The molecular weight excluding hydrogens is 308 g/mol. The van der Waals surface area contributed by atoms with E-state index in [2.05, 4.69) is 0 Å². The second-order valence-corrected chi connectivity index (χ2v) is 6.95. The summed E-state index contributed by atoms with van der Waals surface area (Å²) < 4.78 is 26.1. The number of nitrogens with one attached hydrogen (secondary N) is 1. The Hall–Kier alpha value is -1.93. The topological polar surface area (TPSA) is 104 Å². The first kappa shape index (κ1) is 16.4. The van der Waals surface area contributed by atoms with Gasteiger partial charge in [0, 0.05) is 18.2 Å². The average Bonchev–Trinajstić information content (AvgIpc) is 2.79. The molecule has 7 nitrogen and oxygen atoms in total. The van der Waals surface area contributed by atoms with Gasteiger partial charge in [-0.25, -0.2) is 8.42 Å². The number of benzene rings is 1. The number of hydrogen-bond acceptors (Lipinski definition) is 4. The summed E-state index contributed by atoms with van der Waals surface area (Å²) in [5.74, 6) is -1.26. The van der Waals surface area contributed by atoms with Gasteiger partial charge in [0.15, 0.2) is 0 Å². The fraction of sp³-hybridized carbons (Fsp3) is 0.429. The van der Waals surface area contributed by atoms with Crippen LogP contribution >= 0.6 is 0 Å². The molecule has 0 aliphatic carbocycles. The van der Waals surface area contributed by atoms with Gasteiger partial charge in [-0.2, -0.15) is 4.72 Å². The fourth-order valence-corrected chi connectivity index (χ4v) is 3.59. The minimum atomic E-state index is -3.87. The normalized spacial score (nSPS) is 17.4. The first-order valence-corrected chi connectivity index (χ1v) is 8.41. The number of amides is 1. The molecule has 0 saturated carbocycles. The molecule has 2 rings (SSSR count). The molecule has 22 heavy (non-hydrogen) atoms. The van der Waals surface area contributed by atoms with Crippen LogP contribution in [0.4, 0.5) is 5.69 Å². The van der Waals surface area contributed by atoms with Gasteiger partial charge >= 0.3 is 5.97 Å². The number of carboxylic acid groups (broad SMARTS) is 1. The van der Waals surface area contributed by atoms with Crippen molar-refractivity contribution in [1.29, 1.82) is 0 Å². The van der Waals surface area contributed by atoms with E-state index in [1.807, 2.05) is 11.6 Å². The van der Waals surface area contributed by atoms with Crippen LogP contribution in [0.5, 0.6) is 0 Å². The zero-order chi connectivity index (χ0) is 16.5. The van der Waals surface area contributed by atoms with Crippen LogP contribution in [0.15, 0.2) is 23.1 Å². The smallest absolute Gasteiger partial charge is 0.318 e. The van der Waals surface area contributed by atoms with Crippen molar-refractivity contribution < 1.29 is 23.1 Å². The third-order valence-corrected chi connectivity index (χ3v) is 4.96. The molecule has 0 fully saturated rings. The highest BCUT2D eigenvalue weighted by atomic mass is 32.2. The van der Waals surface area contributed by atoms with Crippen molar-refractivity contribution in [2.75, 3.05) is 11.4 Å². The molecule has 2 N–H and O–H groups in total. The second-order valence-electron chi connectivity index (χ2n) is 5.18. The maximum atomic E-state index is 12.0. The Balaban J connectivity index is 2.33. The van der Waals surface area contributed by atoms with E-state index in [1.165, 1.54) is 12.1 Å². The summed E-state index contributed by atoms with van der Waals surface area (Å²) in [5, 5.41) is 8.57. The van der Waals surface area contributed by atoms with Crippen LogP contribution < -0.4 is 9.62 Å². The van der Waals surface area contributed by atoms with E-state index in [0.717, 1.165) is 11.3 Å². The van der Waals surface area contributed by atoms with Gasteiger partial charge in [-0.15, -0.1) is 0 Å². The van der Waals surface area contributed by atoms with E-state index < -0.39 is 22.5 Å². The van der Waals surface area contributed by atoms with Crippen LogP contribution in [0.25, 0.3) is 0 Å². The molecule has 0 bridgehead atoms. The molecule has 1 aliphatic rings. The molecule has 1 aromatic carbocycles. The minimum Gasteiger partial charge on any atom is -0.480 e. The largest absolute Gasteiger partial charge is 0.480 e. The van der Waals surface area contributed by atoms with Crippen molar-refractivity contribution in [3.8, 4) is 0 Å². The molecule has 0 unspecified atom stereocenters. The van der Waals surface area contributed by atoms with Gasteiger partial charge in [0.2, 0.25) is 15.9 Å². The lowest BCUT2D eigenvalue weighted by Crippen LogP contribution is -2.35. The van der Waals surface area contributed by atoms with Crippen molar-refractivity contribution in [2.24, 2.45) is 0 Å². The number of carbonyl (C=O) groups excluding carboxylic acids is 1. The fourth-order valence-electron chi connectivity index (χ4n) is 2.57. The number of fused-ring (bicyclic) bond motifs is 1.